The molecule has 0 aliphatic heterocycles. The van der Waals surface area contributed by atoms with E-state index in [0.29, 0.717) is 12.1 Å². The summed E-state index contributed by atoms with van der Waals surface area (Å²) in [4.78, 5) is 13.6. The molecular formula is C13H23NO2. The molecule has 3 nitrogen and oxygen atoms in total. The fourth-order valence-electron chi connectivity index (χ4n) is 3.48. The zero-order valence-corrected chi connectivity index (χ0v) is 10.2. The van der Waals surface area contributed by atoms with E-state index in [-0.39, 0.29) is 5.92 Å². The third kappa shape index (κ3) is 2.40. The highest BCUT2D eigenvalue weighted by atomic mass is 16.4. The van der Waals surface area contributed by atoms with Crippen molar-refractivity contribution in [2.24, 2.45) is 5.92 Å². The van der Waals surface area contributed by atoms with Crippen molar-refractivity contribution in [3.63, 3.8) is 0 Å². The average molecular weight is 225 g/mol. The Balaban J connectivity index is 1.96. The molecule has 2 fully saturated rings. The Morgan fingerprint density at radius 3 is 2.38 bits per heavy atom. The highest BCUT2D eigenvalue weighted by Gasteiger charge is 2.37. The van der Waals surface area contributed by atoms with Gasteiger partial charge in [-0.25, -0.2) is 0 Å². The lowest BCUT2D eigenvalue weighted by atomic mass is 9.92. The zero-order chi connectivity index (χ0) is 11.5. The highest BCUT2D eigenvalue weighted by Crippen LogP contribution is 2.33. The van der Waals surface area contributed by atoms with Crippen LogP contribution in [0.4, 0.5) is 0 Å². The van der Waals surface area contributed by atoms with E-state index in [4.69, 9.17) is 0 Å². The van der Waals surface area contributed by atoms with Crippen LogP contribution in [0.15, 0.2) is 0 Å². The van der Waals surface area contributed by atoms with E-state index >= 15 is 0 Å². The Labute approximate surface area is 97.8 Å². The molecule has 0 amide bonds. The summed E-state index contributed by atoms with van der Waals surface area (Å²) in [5.74, 6) is -0.711. The first-order valence-electron chi connectivity index (χ1n) is 6.65. The van der Waals surface area contributed by atoms with E-state index in [2.05, 4.69) is 11.9 Å². The van der Waals surface area contributed by atoms with Crippen LogP contribution in [0, 0.1) is 5.92 Å². The molecule has 0 radical (unpaired) electrons. The Kier molecular flexibility index (Phi) is 3.85. The van der Waals surface area contributed by atoms with Crippen LogP contribution >= 0.6 is 0 Å². The molecule has 0 spiro atoms. The SMILES string of the molecule is CN(C1CCCCC1)C1CCCC1C(=O)O. The minimum Gasteiger partial charge on any atom is -0.481 e. The fourth-order valence-corrected chi connectivity index (χ4v) is 3.48. The number of carboxylic acid groups (broad SMARTS) is 1. The summed E-state index contributed by atoms with van der Waals surface area (Å²) >= 11 is 0. The maximum absolute atomic E-state index is 11.2. The van der Waals surface area contributed by atoms with Crippen LogP contribution in [0.2, 0.25) is 0 Å². The van der Waals surface area contributed by atoms with Gasteiger partial charge in [0, 0.05) is 12.1 Å². The molecule has 2 aliphatic rings. The number of carboxylic acids is 1. The number of carbonyl (C=O) groups is 1. The summed E-state index contributed by atoms with van der Waals surface area (Å²) in [7, 11) is 2.14. The molecule has 0 aromatic carbocycles. The van der Waals surface area contributed by atoms with E-state index in [1.54, 1.807) is 0 Å². The zero-order valence-electron chi connectivity index (χ0n) is 10.2. The van der Waals surface area contributed by atoms with Gasteiger partial charge < -0.3 is 5.11 Å². The average Bonchev–Trinajstić information content (AvgIpc) is 2.78. The van der Waals surface area contributed by atoms with Crippen molar-refractivity contribution in [2.75, 3.05) is 7.05 Å². The van der Waals surface area contributed by atoms with Gasteiger partial charge in [0.05, 0.1) is 5.92 Å². The number of hydrogen-bond donors (Lipinski definition) is 1. The van der Waals surface area contributed by atoms with E-state index in [1.165, 1.54) is 32.1 Å². The first-order chi connectivity index (χ1) is 7.70. The number of nitrogens with zero attached hydrogens (tertiary/aromatic N) is 1. The molecule has 92 valence electrons. The van der Waals surface area contributed by atoms with Gasteiger partial charge in [-0.15, -0.1) is 0 Å². The van der Waals surface area contributed by atoms with E-state index in [1.807, 2.05) is 0 Å². The second-order valence-corrected chi connectivity index (χ2v) is 5.40. The van der Waals surface area contributed by atoms with Crippen molar-refractivity contribution >= 4 is 5.97 Å². The predicted molar refractivity (Wildman–Crippen MR) is 63.4 cm³/mol. The topological polar surface area (TPSA) is 40.5 Å². The largest absolute Gasteiger partial charge is 0.481 e. The van der Waals surface area contributed by atoms with Crippen LogP contribution in [0.5, 0.6) is 0 Å². The molecule has 3 heteroatoms. The molecule has 0 bridgehead atoms. The van der Waals surface area contributed by atoms with Crippen molar-refractivity contribution in [2.45, 2.75) is 63.5 Å². The summed E-state index contributed by atoms with van der Waals surface area (Å²) in [5.41, 5.74) is 0. The van der Waals surface area contributed by atoms with Crippen LogP contribution in [0.3, 0.4) is 0 Å². The van der Waals surface area contributed by atoms with Crippen LogP contribution in [0.25, 0.3) is 0 Å². The second-order valence-electron chi connectivity index (χ2n) is 5.40. The molecule has 1 N–H and O–H groups in total. The quantitative estimate of drug-likeness (QED) is 0.802. The molecule has 0 aromatic heterocycles. The molecular weight excluding hydrogens is 202 g/mol. The fraction of sp³-hybridized carbons (Fsp3) is 0.923. The van der Waals surface area contributed by atoms with Crippen molar-refractivity contribution in [1.82, 2.24) is 4.90 Å². The number of aliphatic carboxylic acids is 1. The Morgan fingerprint density at radius 1 is 1.06 bits per heavy atom. The molecule has 2 rings (SSSR count). The smallest absolute Gasteiger partial charge is 0.308 e. The van der Waals surface area contributed by atoms with E-state index < -0.39 is 5.97 Å². The highest BCUT2D eigenvalue weighted by molar-refractivity contribution is 5.71. The maximum Gasteiger partial charge on any atom is 0.308 e. The Morgan fingerprint density at radius 2 is 1.75 bits per heavy atom. The third-order valence-electron chi connectivity index (χ3n) is 4.47. The van der Waals surface area contributed by atoms with Gasteiger partial charge in [-0.3, -0.25) is 9.69 Å². The number of rotatable bonds is 3. The molecule has 2 aliphatic carbocycles. The van der Waals surface area contributed by atoms with Crippen molar-refractivity contribution in [3.05, 3.63) is 0 Å². The van der Waals surface area contributed by atoms with Crippen LogP contribution in [0.1, 0.15) is 51.4 Å². The summed E-state index contributed by atoms with van der Waals surface area (Å²) < 4.78 is 0. The van der Waals surface area contributed by atoms with Gasteiger partial charge in [0.15, 0.2) is 0 Å². The van der Waals surface area contributed by atoms with Gasteiger partial charge in [-0.2, -0.15) is 0 Å². The standard InChI is InChI=1S/C13H23NO2/c1-14(10-6-3-2-4-7-10)12-9-5-8-11(12)13(15)16/h10-12H,2-9H2,1H3,(H,15,16). The summed E-state index contributed by atoms with van der Waals surface area (Å²) in [6, 6.07) is 0.930. The van der Waals surface area contributed by atoms with Crippen molar-refractivity contribution in [3.8, 4) is 0 Å². The van der Waals surface area contributed by atoms with Gasteiger partial charge in [-0.05, 0) is 32.7 Å². The minimum atomic E-state index is -0.592. The van der Waals surface area contributed by atoms with Gasteiger partial charge in [0.2, 0.25) is 0 Å². The lowest BCUT2D eigenvalue weighted by molar-refractivity contribution is -0.143. The lowest BCUT2D eigenvalue weighted by Gasteiger charge is -2.37. The van der Waals surface area contributed by atoms with Gasteiger partial charge >= 0.3 is 5.97 Å². The minimum absolute atomic E-state index is 0.119. The summed E-state index contributed by atoms with van der Waals surface area (Å²) in [6.07, 6.45) is 9.55. The van der Waals surface area contributed by atoms with Gasteiger partial charge in [0.1, 0.15) is 0 Å². The lowest BCUT2D eigenvalue weighted by Crippen LogP contribution is -2.44. The van der Waals surface area contributed by atoms with Crippen molar-refractivity contribution in [1.29, 1.82) is 0 Å². The van der Waals surface area contributed by atoms with Crippen LogP contribution in [-0.4, -0.2) is 35.1 Å². The predicted octanol–water partition coefficient (Wildman–Crippen LogP) is 2.50. The molecule has 16 heavy (non-hydrogen) atoms. The number of hydrogen-bond acceptors (Lipinski definition) is 2. The van der Waals surface area contributed by atoms with Gasteiger partial charge in [-0.1, -0.05) is 25.7 Å². The molecule has 0 heterocycles. The Hall–Kier alpha value is -0.570. The second kappa shape index (κ2) is 5.17. The molecule has 0 aromatic rings. The maximum atomic E-state index is 11.2. The molecule has 2 atom stereocenters. The first kappa shape index (κ1) is 11.9. The van der Waals surface area contributed by atoms with E-state index in [9.17, 15) is 9.90 Å². The molecule has 2 saturated carbocycles. The third-order valence-corrected chi connectivity index (χ3v) is 4.47. The van der Waals surface area contributed by atoms with Gasteiger partial charge in [0.25, 0.3) is 0 Å². The molecule has 2 unspecified atom stereocenters. The Bertz CT molecular complexity index is 248. The monoisotopic (exact) mass is 225 g/mol. The summed E-state index contributed by atoms with van der Waals surface area (Å²) in [5, 5.41) is 9.20. The van der Waals surface area contributed by atoms with Crippen LogP contribution < -0.4 is 0 Å². The van der Waals surface area contributed by atoms with Crippen molar-refractivity contribution < 1.29 is 9.90 Å². The first-order valence-corrected chi connectivity index (χ1v) is 6.65. The normalized spacial score (nSPS) is 32.1. The van der Waals surface area contributed by atoms with Crippen LogP contribution in [-0.2, 0) is 4.79 Å². The summed E-state index contributed by atoms with van der Waals surface area (Å²) in [6.45, 7) is 0. The molecule has 0 saturated heterocycles. The van der Waals surface area contributed by atoms with E-state index in [0.717, 1.165) is 19.3 Å².